The van der Waals surface area contributed by atoms with Crippen LogP contribution in [-0.4, -0.2) is 24.5 Å². The number of aryl methyl sites for hydroxylation is 1. The molecule has 0 radical (unpaired) electrons. The summed E-state index contributed by atoms with van der Waals surface area (Å²) >= 11 is 0. The van der Waals surface area contributed by atoms with Gasteiger partial charge < -0.3 is 4.90 Å². The van der Waals surface area contributed by atoms with Crippen LogP contribution in [0.3, 0.4) is 0 Å². The van der Waals surface area contributed by atoms with E-state index in [4.69, 9.17) is 0 Å². The standard InChI is InChI=1S/C16H17N2/c1-13-7-6-10-16-15(13)11-18(12-17(16)2)14-8-4-3-5-9-14/h3-11H,12H2,1-2H3/q+1. The SMILES string of the molecule is Cc1cccc2c1C=[N+](c1ccccc1)CN2C. The van der Waals surface area contributed by atoms with Gasteiger partial charge in [0.25, 0.3) is 0 Å². The zero-order valence-corrected chi connectivity index (χ0v) is 10.8. The average molecular weight is 237 g/mol. The number of hydrogen-bond donors (Lipinski definition) is 0. The second-order valence-electron chi connectivity index (χ2n) is 4.78. The van der Waals surface area contributed by atoms with Crippen molar-refractivity contribution in [2.24, 2.45) is 0 Å². The molecule has 0 amide bonds. The lowest BCUT2D eigenvalue weighted by atomic mass is 10.1. The summed E-state index contributed by atoms with van der Waals surface area (Å²) < 4.78 is 2.29. The summed E-state index contributed by atoms with van der Waals surface area (Å²) in [6.07, 6.45) is 2.25. The fourth-order valence-corrected chi connectivity index (χ4v) is 2.44. The summed E-state index contributed by atoms with van der Waals surface area (Å²) in [5, 5.41) is 0. The first-order chi connectivity index (χ1) is 8.75. The van der Waals surface area contributed by atoms with Crippen molar-refractivity contribution in [1.29, 1.82) is 0 Å². The Balaban J connectivity index is 2.13. The van der Waals surface area contributed by atoms with E-state index in [0.29, 0.717) is 0 Å². The molecule has 0 unspecified atom stereocenters. The largest absolute Gasteiger partial charge is 0.319 e. The van der Waals surface area contributed by atoms with Crippen LogP contribution in [0.25, 0.3) is 0 Å². The molecule has 2 aromatic rings. The number of rotatable bonds is 1. The molecule has 18 heavy (non-hydrogen) atoms. The molecule has 90 valence electrons. The van der Waals surface area contributed by atoms with E-state index in [-0.39, 0.29) is 0 Å². The van der Waals surface area contributed by atoms with Crippen LogP contribution in [0.1, 0.15) is 11.1 Å². The molecular weight excluding hydrogens is 220 g/mol. The number of para-hydroxylation sites is 1. The van der Waals surface area contributed by atoms with Crippen molar-refractivity contribution in [2.75, 3.05) is 18.6 Å². The maximum atomic E-state index is 2.29. The molecule has 0 fully saturated rings. The first-order valence-corrected chi connectivity index (χ1v) is 6.23. The summed E-state index contributed by atoms with van der Waals surface area (Å²) in [6.45, 7) is 3.05. The monoisotopic (exact) mass is 237 g/mol. The van der Waals surface area contributed by atoms with Crippen LogP contribution < -0.4 is 4.90 Å². The molecule has 3 rings (SSSR count). The molecule has 1 aliphatic rings. The predicted molar refractivity (Wildman–Crippen MR) is 76.0 cm³/mol. The Labute approximate surface area is 108 Å². The molecule has 1 heterocycles. The van der Waals surface area contributed by atoms with Crippen molar-refractivity contribution in [3.8, 4) is 0 Å². The minimum absolute atomic E-state index is 0.889. The topological polar surface area (TPSA) is 6.25 Å². The third kappa shape index (κ3) is 1.80. The molecule has 0 aliphatic carbocycles. The smallest absolute Gasteiger partial charge is 0.224 e. The van der Waals surface area contributed by atoms with Crippen molar-refractivity contribution in [1.82, 2.24) is 0 Å². The molecule has 0 bridgehead atoms. The van der Waals surface area contributed by atoms with Crippen LogP contribution in [0.15, 0.2) is 48.5 Å². The van der Waals surface area contributed by atoms with Crippen LogP contribution in [0, 0.1) is 6.92 Å². The van der Waals surface area contributed by atoms with E-state index in [2.05, 4.69) is 78.2 Å². The van der Waals surface area contributed by atoms with Gasteiger partial charge in [0.05, 0.1) is 11.3 Å². The van der Waals surface area contributed by atoms with Gasteiger partial charge in [0, 0.05) is 19.2 Å². The molecule has 0 spiro atoms. The van der Waals surface area contributed by atoms with Gasteiger partial charge in [0.15, 0.2) is 6.21 Å². The van der Waals surface area contributed by atoms with Crippen molar-refractivity contribution in [3.05, 3.63) is 59.7 Å². The zero-order valence-electron chi connectivity index (χ0n) is 10.8. The normalized spacial score (nSPS) is 14.1. The Morgan fingerprint density at radius 1 is 1.00 bits per heavy atom. The molecule has 2 nitrogen and oxygen atoms in total. The van der Waals surface area contributed by atoms with Crippen molar-refractivity contribution in [3.63, 3.8) is 0 Å². The number of nitrogens with zero attached hydrogens (tertiary/aromatic N) is 2. The third-order valence-corrected chi connectivity index (χ3v) is 3.45. The quantitative estimate of drug-likeness (QED) is 0.690. The molecule has 1 aliphatic heterocycles. The van der Waals surface area contributed by atoms with Crippen molar-refractivity contribution in [2.45, 2.75) is 6.92 Å². The highest BCUT2D eigenvalue weighted by atomic mass is 15.3. The first kappa shape index (κ1) is 11.0. The minimum atomic E-state index is 0.889. The van der Waals surface area contributed by atoms with Gasteiger partial charge in [-0.15, -0.1) is 0 Å². The van der Waals surface area contributed by atoms with E-state index in [0.717, 1.165) is 6.67 Å². The maximum Gasteiger partial charge on any atom is 0.224 e. The highest BCUT2D eigenvalue weighted by Gasteiger charge is 2.22. The summed E-state index contributed by atoms with van der Waals surface area (Å²) in [5.74, 6) is 0. The first-order valence-electron chi connectivity index (χ1n) is 6.23. The van der Waals surface area contributed by atoms with Crippen molar-refractivity contribution >= 4 is 17.6 Å². The molecule has 0 aromatic heterocycles. The van der Waals surface area contributed by atoms with Crippen LogP contribution in [0.5, 0.6) is 0 Å². The fourth-order valence-electron chi connectivity index (χ4n) is 2.44. The average Bonchev–Trinajstić information content (AvgIpc) is 2.41. The Hall–Kier alpha value is -2.09. The van der Waals surface area contributed by atoms with E-state index in [1.807, 2.05) is 0 Å². The molecular formula is C16H17N2+. The Morgan fingerprint density at radius 2 is 1.78 bits per heavy atom. The number of anilines is 1. The summed E-state index contributed by atoms with van der Waals surface area (Å²) in [7, 11) is 2.14. The zero-order chi connectivity index (χ0) is 12.5. The molecule has 2 aromatic carbocycles. The molecule has 2 heteroatoms. The second kappa shape index (κ2) is 4.30. The van der Waals surface area contributed by atoms with Gasteiger partial charge in [-0.2, -0.15) is 4.58 Å². The molecule has 0 saturated carbocycles. The van der Waals surface area contributed by atoms with Gasteiger partial charge in [-0.05, 0) is 18.6 Å². The molecule has 0 saturated heterocycles. The summed E-state index contributed by atoms with van der Waals surface area (Å²) in [4.78, 5) is 2.29. The fraction of sp³-hybridized carbons (Fsp3) is 0.188. The lowest BCUT2D eigenvalue weighted by Gasteiger charge is -2.24. The van der Waals surface area contributed by atoms with Gasteiger partial charge >= 0.3 is 0 Å². The number of benzene rings is 2. The predicted octanol–water partition coefficient (Wildman–Crippen LogP) is 3.17. The van der Waals surface area contributed by atoms with Gasteiger partial charge in [-0.3, -0.25) is 0 Å². The van der Waals surface area contributed by atoms with Gasteiger partial charge in [-0.1, -0.05) is 30.3 Å². The molecule has 0 atom stereocenters. The minimum Gasteiger partial charge on any atom is -0.319 e. The molecule has 0 N–H and O–H groups in total. The van der Waals surface area contributed by atoms with E-state index >= 15 is 0 Å². The van der Waals surface area contributed by atoms with E-state index in [9.17, 15) is 0 Å². The summed E-state index contributed by atoms with van der Waals surface area (Å²) in [6, 6.07) is 17.0. The number of fused-ring (bicyclic) bond motifs is 1. The van der Waals surface area contributed by atoms with Crippen LogP contribution in [-0.2, 0) is 0 Å². The van der Waals surface area contributed by atoms with Crippen molar-refractivity contribution < 1.29 is 4.58 Å². The van der Waals surface area contributed by atoms with E-state index < -0.39 is 0 Å². The van der Waals surface area contributed by atoms with Gasteiger partial charge in [0.2, 0.25) is 12.4 Å². The van der Waals surface area contributed by atoms with Gasteiger partial charge in [-0.25, -0.2) is 0 Å². The van der Waals surface area contributed by atoms with Crippen LogP contribution >= 0.6 is 0 Å². The summed E-state index contributed by atoms with van der Waals surface area (Å²) in [5.41, 5.74) is 5.18. The Kier molecular flexibility index (Phi) is 2.63. The van der Waals surface area contributed by atoms with Crippen LogP contribution in [0.2, 0.25) is 0 Å². The Bertz CT molecular complexity index is 600. The number of hydrogen-bond acceptors (Lipinski definition) is 1. The third-order valence-electron chi connectivity index (χ3n) is 3.45. The highest BCUT2D eigenvalue weighted by molar-refractivity contribution is 5.88. The Morgan fingerprint density at radius 3 is 2.56 bits per heavy atom. The lowest BCUT2D eigenvalue weighted by molar-refractivity contribution is -0.435. The lowest BCUT2D eigenvalue weighted by Crippen LogP contribution is -2.32. The van der Waals surface area contributed by atoms with Gasteiger partial charge in [0.1, 0.15) is 0 Å². The van der Waals surface area contributed by atoms with E-state index in [1.54, 1.807) is 0 Å². The van der Waals surface area contributed by atoms with E-state index in [1.165, 1.54) is 22.5 Å². The van der Waals surface area contributed by atoms with Crippen LogP contribution in [0.4, 0.5) is 11.4 Å². The maximum absolute atomic E-state index is 2.29. The highest BCUT2D eigenvalue weighted by Crippen LogP contribution is 2.26. The second-order valence-corrected chi connectivity index (χ2v) is 4.78.